The van der Waals surface area contributed by atoms with Crippen molar-refractivity contribution in [3.8, 4) is 0 Å². The molecule has 0 radical (unpaired) electrons. The van der Waals surface area contributed by atoms with Crippen molar-refractivity contribution in [3.63, 3.8) is 0 Å². The number of hydrogen-bond donors (Lipinski definition) is 0. The number of esters is 3. The van der Waals surface area contributed by atoms with Gasteiger partial charge in [0.05, 0.1) is 19.6 Å². The molecule has 0 aliphatic heterocycles. The van der Waals surface area contributed by atoms with Gasteiger partial charge in [0.1, 0.15) is 5.69 Å². The molecule has 0 aliphatic carbocycles. The van der Waals surface area contributed by atoms with Crippen LogP contribution in [0.4, 0.5) is 0 Å². The van der Waals surface area contributed by atoms with Crippen LogP contribution in [0, 0.1) is 0 Å². The highest BCUT2D eigenvalue weighted by Crippen LogP contribution is 2.19. The molecule has 2 rings (SSSR count). The van der Waals surface area contributed by atoms with Gasteiger partial charge < -0.3 is 28.1 Å². The lowest BCUT2D eigenvalue weighted by Crippen LogP contribution is -2.51. The summed E-state index contributed by atoms with van der Waals surface area (Å²) in [6, 6.07) is 0. The van der Waals surface area contributed by atoms with E-state index in [1.807, 2.05) is 0 Å². The molecule has 0 saturated heterocycles. The minimum Gasteiger partial charge on any atom is -0.463 e. The van der Waals surface area contributed by atoms with E-state index in [-0.39, 0.29) is 18.0 Å². The molecule has 0 amide bonds. The van der Waals surface area contributed by atoms with E-state index in [9.17, 15) is 19.2 Å². The van der Waals surface area contributed by atoms with Crippen molar-refractivity contribution in [1.82, 2.24) is 19.1 Å². The molecule has 2 aromatic heterocycles. The summed E-state index contributed by atoms with van der Waals surface area (Å²) in [6.07, 6.45) is 5.36. The SMILES string of the molecule is COC(=O)C(COC(=O)c1cncn1C)(OC=O)OC(=O)c1nccn1C. The third kappa shape index (κ3) is 4.11. The van der Waals surface area contributed by atoms with Crippen molar-refractivity contribution in [2.45, 2.75) is 5.79 Å². The number of aromatic nitrogens is 4. The molecule has 1 atom stereocenters. The molecular formula is C15H16N4O8. The van der Waals surface area contributed by atoms with Gasteiger partial charge in [0.2, 0.25) is 5.82 Å². The Hall–Kier alpha value is -3.70. The first-order chi connectivity index (χ1) is 12.8. The number of rotatable bonds is 8. The summed E-state index contributed by atoms with van der Waals surface area (Å²) in [6.45, 7) is -1.08. The lowest BCUT2D eigenvalue weighted by molar-refractivity contribution is -0.227. The summed E-state index contributed by atoms with van der Waals surface area (Å²) < 4.78 is 21.8. The van der Waals surface area contributed by atoms with Crippen LogP contribution in [0.2, 0.25) is 0 Å². The summed E-state index contributed by atoms with van der Waals surface area (Å²) in [7, 11) is 4.02. The van der Waals surface area contributed by atoms with Gasteiger partial charge in [0.15, 0.2) is 6.61 Å². The Balaban J connectivity index is 2.26. The first-order valence-corrected chi connectivity index (χ1v) is 7.38. The molecule has 144 valence electrons. The number of ether oxygens (including phenoxy) is 4. The molecule has 27 heavy (non-hydrogen) atoms. The maximum Gasteiger partial charge on any atom is 0.396 e. The van der Waals surface area contributed by atoms with Crippen molar-refractivity contribution in [3.05, 3.63) is 36.4 Å². The molecule has 0 bridgehead atoms. The predicted molar refractivity (Wildman–Crippen MR) is 84.0 cm³/mol. The lowest BCUT2D eigenvalue weighted by Gasteiger charge is -2.27. The van der Waals surface area contributed by atoms with Crippen LogP contribution in [-0.2, 0) is 42.6 Å². The first-order valence-electron chi connectivity index (χ1n) is 7.38. The van der Waals surface area contributed by atoms with Crippen molar-refractivity contribution >= 4 is 24.4 Å². The second-order valence-corrected chi connectivity index (χ2v) is 5.18. The second-order valence-electron chi connectivity index (χ2n) is 5.18. The molecule has 0 aromatic carbocycles. The largest absolute Gasteiger partial charge is 0.463 e. The van der Waals surface area contributed by atoms with Crippen LogP contribution in [0.5, 0.6) is 0 Å². The van der Waals surface area contributed by atoms with E-state index in [0.717, 1.165) is 7.11 Å². The molecule has 0 spiro atoms. The van der Waals surface area contributed by atoms with E-state index in [2.05, 4.69) is 19.4 Å². The standard InChI is InChI=1S/C15H16N4O8/c1-18-5-4-17-11(18)13(22)27-15(26-9-20,14(23)24-3)7-25-12(21)10-6-16-8-19(10)2/h4-6,8-9H,7H2,1-3H3. The minimum atomic E-state index is -2.65. The number of carbonyl (C=O) groups is 4. The Kier molecular flexibility index (Phi) is 5.90. The van der Waals surface area contributed by atoms with Crippen LogP contribution < -0.4 is 0 Å². The van der Waals surface area contributed by atoms with E-state index in [4.69, 9.17) is 9.47 Å². The molecule has 2 heterocycles. The van der Waals surface area contributed by atoms with Gasteiger partial charge in [-0.25, -0.2) is 24.4 Å². The topological polar surface area (TPSA) is 141 Å². The maximum absolute atomic E-state index is 12.3. The van der Waals surface area contributed by atoms with Crippen LogP contribution in [0.1, 0.15) is 21.1 Å². The minimum absolute atomic E-state index is 0.0512. The number of hydrogen-bond acceptors (Lipinski definition) is 10. The van der Waals surface area contributed by atoms with Crippen LogP contribution >= 0.6 is 0 Å². The third-order valence-electron chi connectivity index (χ3n) is 3.42. The average Bonchev–Trinajstić information content (AvgIpc) is 3.26. The molecule has 2 aromatic rings. The number of methoxy groups -OCH3 is 1. The molecule has 12 heteroatoms. The van der Waals surface area contributed by atoms with Crippen LogP contribution in [0.15, 0.2) is 24.9 Å². The highest BCUT2D eigenvalue weighted by atomic mass is 16.8. The Labute approximate surface area is 152 Å². The summed E-state index contributed by atoms with van der Waals surface area (Å²) in [5.74, 6) is -6.10. The zero-order valence-corrected chi connectivity index (χ0v) is 14.6. The first kappa shape index (κ1) is 19.6. The summed E-state index contributed by atoms with van der Waals surface area (Å²) in [5, 5.41) is 0. The van der Waals surface area contributed by atoms with E-state index in [1.165, 1.54) is 41.1 Å². The van der Waals surface area contributed by atoms with Gasteiger partial charge in [-0.2, -0.15) is 0 Å². The Bertz CT molecular complexity index is 858. The summed E-state index contributed by atoms with van der Waals surface area (Å²) >= 11 is 0. The van der Waals surface area contributed by atoms with Gasteiger partial charge >= 0.3 is 23.7 Å². The molecule has 12 nitrogen and oxygen atoms in total. The van der Waals surface area contributed by atoms with E-state index in [0.29, 0.717) is 0 Å². The fourth-order valence-electron chi connectivity index (χ4n) is 2.02. The molecule has 0 saturated carbocycles. The van der Waals surface area contributed by atoms with Crippen LogP contribution in [-0.4, -0.2) is 63.0 Å². The van der Waals surface area contributed by atoms with Crippen molar-refractivity contribution in [2.75, 3.05) is 13.7 Å². The zero-order chi connectivity index (χ0) is 20.0. The summed E-state index contributed by atoms with van der Waals surface area (Å²) in [4.78, 5) is 55.0. The molecule has 0 aliphatic rings. The van der Waals surface area contributed by atoms with Gasteiger partial charge in [-0.3, -0.25) is 4.79 Å². The highest BCUT2D eigenvalue weighted by Gasteiger charge is 2.49. The third-order valence-corrected chi connectivity index (χ3v) is 3.42. The van der Waals surface area contributed by atoms with Crippen molar-refractivity contribution in [1.29, 1.82) is 0 Å². The van der Waals surface area contributed by atoms with E-state index < -0.39 is 30.3 Å². The quantitative estimate of drug-likeness (QED) is 0.247. The highest BCUT2D eigenvalue weighted by molar-refractivity contribution is 5.91. The Morgan fingerprint density at radius 3 is 2.48 bits per heavy atom. The molecule has 0 fully saturated rings. The predicted octanol–water partition coefficient (Wildman–Crippen LogP) is -0.790. The smallest absolute Gasteiger partial charge is 0.396 e. The van der Waals surface area contributed by atoms with E-state index >= 15 is 0 Å². The van der Waals surface area contributed by atoms with Crippen molar-refractivity contribution < 1.29 is 38.1 Å². The fraction of sp³-hybridized carbons (Fsp3) is 0.333. The van der Waals surface area contributed by atoms with Crippen molar-refractivity contribution in [2.24, 2.45) is 14.1 Å². The monoisotopic (exact) mass is 380 g/mol. The van der Waals surface area contributed by atoms with E-state index in [1.54, 1.807) is 7.05 Å². The average molecular weight is 380 g/mol. The molecule has 1 unspecified atom stereocenters. The van der Waals surface area contributed by atoms with Gasteiger partial charge in [0.25, 0.3) is 6.47 Å². The number of imidazole rings is 2. The lowest BCUT2D eigenvalue weighted by atomic mass is 10.3. The Morgan fingerprint density at radius 1 is 1.22 bits per heavy atom. The number of nitrogens with zero attached hydrogens (tertiary/aromatic N) is 4. The van der Waals surface area contributed by atoms with Gasteiger partial charge in [0, 0.05) is 26.5 Å². The number of carbonyl (C=O) groups excluding carboxylic acids is 4. The zero-order valence-electron chi connectivity index (χ0n) is 14.6. The Morgan fingerprint density at radius 2 is 1.96 bits per heavy atom. The number of aryl methyl sites for hydroxylation is 2. The van der Waals surface area contributed by atoms with Gasteiger partial charge in [-0.15, -0.1) is 0 Å². The molecular weight excluding hydrogens is 364 g/mol. The van der Waals surface area contributed by atoms with Crippen LogP contribution in [0.3, 0.4) is 0 Å². The fourth-order valence-corrected chi connectivity index (χ4v) is 2.02. The normalized spacial score (nSPS) is 12.6. The summed E-state index contributed by atoms with van der Waals surface area (Å²) in [5.41, 5.74) is 0.0512. The maximum atomic E-state index is 12.3. The molecule has 0 N–H and O–H groups in total. The van der Waals surface area contributed by atoms with Gasteiger partial charge in [-0.1, -0.05) is 0 Å². The van der Waals surface area contributed by atoms with Gasteiger partial charge in [-0.05, 0) is 0 Å². The second kappa shape index (κ2) is 8.12. The van der Waals surface area contributed by atoms with Crippen LogP contribution in [0.25, 0.3) is 0 Å².